The third kappa shape index (κ3) is 6.23. The Morgan fingerprint density at radius 3 is 2.46 bits per heavy atom. The molecule has 1 fully saturated rings. The predicted molar refractivity (Wildman–Crippen MR) is 183 cm³/mol. The molecule has 50 heavy (non-hydrogen) atoms. The van der Waals surface area contributed by atoms with Crippen LogP contribution in [-0.2, 0) is 31.9 Å². The molecule has 6 N–H and O–H groups in total. The number of amides is 1. The average molecular weight is 802 g/mol. The van der Waals surface area contributed by atoms with Crippen molar-refractivity contribution in [3.05, 3.63) is 78.9 Å². The molecule has 0 radical (unpaired) electrons. The second-order valence-electron chi connectivity index (χ2n) is 12.9. The van der Waals surface area contributed by atoms with Crippen LogP contribution < -0.4 is 10.1 Å². The molecule has 3 aromatic carbocycles. The maximum absolute atomic E-state index is 13.9. The minimum atomic E-state index is -2.09. The van der Waals surface area contributed by atoms with Crippen molar-refractivity contribution >= 4 is 45.8 Å². The fourth-order valence-corrected chi connectivity index (χ4v) is 7.59. The highest BCUT2D eigenvalue weighted by atomic mass is 127. The van der Waals surface area contributed by atoms with Gasteiger partial charge in [0.2, 0.25) is 11.7 Å². The molecule has 0 saturated carbocycles. The number of phenols is 3. The van der Waals surface area contributed by atoms with Crippen LogP contribution in [0.5, 0.6) is 23.0 Å². The standard InChI is InChI=1S/C36H36INO12/c1-15-31(42)21(38-25(41)10-8-17-7-9-22(40)20(37)11-17)12-26(49-15)50-24-14-36(47,16(2)39)13-19-28(24)35(46)30-29(33(19)44)32(43)18-5-4-6-23(48-3)27(18)34(30)45/h4-7,9,11,15,21,24,26,31,40,42,44,46-47H,8,10,12-14H2,1-3H3,(H,38,41)/t15-,21-,24-,26-,31+,36-/m0/s1. The number of aryl methyl sites for hydroxylation is 1. The number of phenolic OH excluding ortho intramolecular Hbond substituents is 3. The van der Waals surface area contributed by atoms with Crippen LogP contribution in [0.2, 0.25) is 0 Å². The van der Waals surface area contributed by atoms with Crippen LogP contribution in [0.4, 0.5) is 0 Å². The third-order valence-corrected chi connectivity index (χ3v) is 10.6. The van der Waals surface area contributed by atoms with Crippen LogP contribution in [0.3, 0.4) is 0 Å². The van der Waals surface area contributed by atoms with Gasteiger partial charge < -0.3 is 45.1 Å². The van der Waals surface area contributed by atoms with E-state index in [0.717, 1.165) is 12.5 Å². The number of fused-ring (bicyclic) bond motifs is 3. The van der Waals surface area contributed by atoms with Gasteiger partial charge >= 0.3 is 0 Å². The molecule has 1 amide bonds. The Morgan fingerprint density at radius 2 is 1.78 bits per heavy atom. The number of nitrogens with one attached hydrogen (secondary N) is 1. The number of aliphatic hydroxyl groups is 2. The molecule has 0 spiro atoms. The van der Waals surface area contributed by atoms with Gasteiger partial charge in [-0.2, -0.15) is 0 Å². The molecule has 1 heterocycles. The van der Waals surface area contributed by atoms with Crippen LogP contribution >= 0.6 is 22.6 Å². The summed E-state index contributed by atoms with van der Waals surface area (Å²) in [7, 11) is 1.33. The maximum atomic E-state index is 13.9. The van der Waals surface area contributed by atoms with Gasteiger partial charge in [-0.25, -0.2) is 0 Å². The van der Waals surface area contributed by atoms with Crippen LogP contribution in [-0.4, -0.2) is 86.0 Å². The van der Waals surface area contributed by atoms with Gasteiger partial charge in [0.1, 0.15) is 34.7 Å². The zero-order valence-corrected chi connectivity index (χ0v) is 29.5. The highest BCUT2D eigenvalue weighted by Gasteiger charge is 2.49. The Balaban J connectivity index is 1.31. The van der Waals surface area contributed by atoms with Gasteiger partial charge in [-0.05, 0) is 66.6 Å². The van der Waals surface area contributed by atoms with Crippen molar-refractivity contribution in [3.8, 4) is 23.0 Å². The summed E-state index contributed by atoms with van der Waals surface area (Å²) in [6.07, 6.45) is -4.94. The highest BCUT2D eigenvalue weighted by molar-refractivity contribution is 14.1. The number of carbonyl (C=O) groups is 4. The fraction of sp³-hybridized carbons (Fsp3) is 0.389. The Bertz CT molecular complexity index is 1930. The van der Waals surface area contributed by atoms with Gasteiger partial charge in [0, 0.05) is 42.4 Å². The summed E-state index contributed by atoms with van der Waals surface area (Å²) in [6.45, 7) is 2.74. The molecule has 3 aromatic rings. The van der Waals surface area contributed by atoms with E-state index in [2.05, 4.69) is 5.32 Å². The van der Waals surface area contributed by atoms with Gasteiger partial charge in [0.25, 0.3) is 0 Å². The first-order valence-corrected chi connectivity index (χ1v) is 17.1. The number of benzene rings is 3. The highest BCUT2D eigenvalue weighted by Crippen LogP contribution is 2.52. The second kappa shape index (κ2) is 13.6. The third-order valence-electron chi connectivity index (χ3n) is 9.75. The van der Waals surface area contributed by atoms with Gasteiger partial charge in [-0.15, -0.1) is 0 Å². The summed E-state index contributed by atoms with van der Waals surface area (Å²) < 4.78 is 18.2. The molecule has 1 saturated heterocycles. The molecule has 0 aromatic heterocycles. The van der Waals surface area contributed by atoms with Gasteiger partial charge in [0.15, 0.2) is 17.9 Å². The first kappa shape index (κ1) is 35.7. The van der Waals surface area contributed by atoms with Crippen LogP contribution in [0.15, 0.2) is 36.4 Å². The molecule has 264 valence electrons. The van der Waals surface area contributed by atoms with Crippen molar-refractivity contribution in [3.63, 3.8) is 0 Å². The van der Waals surface area contributed by atoms with Crippen molar-refractivity contribution in [1.82, 2.24) is 5.32 Å². The number of methoxy groups -OCH3 is 1. The molecular formula is C36H36INO12. The number of aromatic hydroxyl groups is 3. The van der Waals surface area contributed by atoms with Crippen molar-refractivity contribution in [2.24, 2.45) is 0 Å². The van der Waals surface area contributed by atoms with Crippen LogP contribution in [0.1, 0.15) is 87.7 Å². The van der Waals surface area contributed by atoms with Gasteiger partial charge in [-0.1, -0.05) is 18.2 Å². The fourth-order valence-electron chi connectivity index (χ4n) is 7.01. The van der Waals surface area contributed by atoms with Crippen molar-refractivity contribution in [1.29, 1.82) is 0 Å². The lowest BCUT2D eigenvalue weighted by Crippen LogP contribution is -2.55. The zero-order valence-electron chi connectivity index (χ0n) is 27.4. The first-order chi connectivity index (χ1) is 23.6. The molecule has 14 heteroatoms. The first-order valence-electron chi connectivity index (χ1n) is 16.0. The van der Waals surface area contributed by atoms with Crippen LogP contribution in [0, 0.1) is 3.57 Å². The summed E-state index contributed by atoms with van der Waals surface area (Å²) in [4.78, 5) is 53.3. The van der Waals surface area contributed by atoms with E-state index < -0.39 is 89.1 Å². The second-order valence-corrected chi connectivity index (χ2v) is 14.1. The SMILES string of the molecule is COc1cccc2c1C(=O)c1c(O)c3c(c(O)c1C2=O)C[C@@](O)(C(C)=O)C[C@@H]3O[C@H]1C[C@H](NC(=O)CCc2ccc(O)c(I)c2)[C@H](O)[C@H](C)O1. The van der Waals surface area contributed by atoms with Gasteiger partial charge in [0.05, 0.1) is 45.6 Å². The lowest BCUT2D eigenvalue weighted by Gasteiger charge is -2.42. The minimum absolute atomic E-state index is 0.0454. The number of Topliss-reactive ketones (excluding diaryl/α,β-unsaturated/α-hetero) is 1. The van der Waals surface area contributed by atoms with E-state index in [0.29, 0.717) is 9.99 Å². The van der Waals surface area contributed by atoms with E-state index in [4.69, 9.17) is 14.2 Å². The predicted octanol–water partition coefficient (Wildman–Crippen LogP) is 3.13. The van der Waals surface area contributed by atoms with Crippen LogP contribution in [0.25, 0.3) is 0 Å². The van der Waals surface area contributed by atoms with Crippen molar-refractivity contribution in [2.75, 3.05) is 7.11 Å². The Labute approximate surface area is 300 Å². The van der Waals surface area contributed by atoms with E-state index in [-0.39, 0.29) is 52.5 Å². The smallest absolute Gasteiger partial charge is 0.220 e. The summed E-state index contributed by atoms with van der Waals surface area (Å²) in [5.41, 5.74) is -2.55. The van der Waals surface area contributed by atoms with Crippen molar-refractivity contribution < 1.29 is 58.9 Å². The maximum Gasteiger partial charge on any atom is 0.220 e. The Hall–Kier alpha value is -4.09. The largest absolute Gasteiger partial charge is 0.507 e. The van der Waals surface area contributed by atoms with Crippen molar-refractivity contribution in [2.45, 2.75) is 82.2 Å². The zero-order chi connectivity index (χ0) is 36.2. The number of hydrogen-bond acceptors (Lipinski definition) is 12. The number of ketones is 3. The van der Waals surface area contributed by atoms with E-state index in [1.807, 2.05) is 22.6 Å². The molecule has 0 bridgehead atoms. The quantitative estimate of drug-likeness (QED) is 0.112. The topological polar surface area (TPSA) is 209 Å². The molecule has 3 aliphatic rings. The molecule has 0 unspecified atom stereocenters. The van der Waals surface area contributed by atoms with E-state index in [1.54, 1.807) is 25.1 Å². The number of halogens is 1. The normalized spacial score (nSPS) is 25.7. The molecule has 13 nitrogen and oxygen atoms in total. The number of hydrogen-bond donors (Lipinski definition) is 6. The number of carbonyl (C=O) groups excluding carboxylic acids is 4. The minimum Gasteiger partial charge on any atom is -0.507 e. The summed E-state index contributed by atoms with van der Waals surface area (Å²) in [5, 5.41) is 58.2. The summed E-state index contributed by atoms with van der Waals surface area (Å²) in [5.74, 6) is -3.64. The molecular weight excluding hydrogens is 765 g/mol. The average Bonchev–Trinajstić information content (AvgIpc) is 3.07. The number of rotatable bonds is 8. The van der Waals surface area contributed by atoms with Gasteiger partial charge in [-0.3, -0.25) is 19.2 Å². The lowest BCUT2D eigenvalue weighted by atomic mass is 9.72. The molecule has 2 aliphatic carbocycles. The number of aliphatic hydroxyl groups excluding tert-OH is 1. The molecule has 6 atom stereocenters. The Kier molecular flexibility index (Phi) is 9.69. The van der Waals surface area contributed by atoms with E-state index in [1.165, 1.54) is 25.3 Å². The molecule has 6 rings (SSSR count). The summed E-state index contributed by atoms with van der Waals surface area (Å²) >= 11 is 1.99. The van der Waals surface area contributed by atoms with E-state index in [9.17, 15) is 44.7 Å². The number of ether oxygens (including phenoxy) is 3. The van der Waals surface area contributed by atoms with E-state index >= 15 is 0 Å². The summed E-state index contributed by atoms with van der Waals surface area (Å²) in [6, 6.07) is 8.60. The Morgan fingerprint density at radius 1 is 1.06 bits per heavy atom. The lowest BCUT2D eigenvalue weighted by molar-refractivity contribution is -0.249. The monoisotopic (exact) mass is 801 g/mol. The molecule has 1 aliphatic heterocycles.